The number of carbonyl (C=O) groups is 1. The fraction of sp³-hybridized carbons (Fsp3) is 0.462. The molecule has 2 N–H and O–H groups in total. The van der Waals surface area contributed by atoms with Crippen molar-refractivity contribution in [2.24, 2.45) is 5.92 Å². The Morgan fingerprint density at radius 1 is 1.53 bits per heavy atom. The summed E-state index contributed by atoms with van der Waals surface area (Å²) in [5.74, 6) is -2.75. The minimum Gasteiger partial charge on any atom is -0.488 e. The summed E-state index contributed by atoms with van der Waals surface area (Å²) < 4.78 is 31.4. The van der Waals surface area contributed by atoms with Crippen LogP contribution in [0, 0.1) is 17.6 Å². The van der Waals surface area contributed by atoms with Crippen molar-refractivity contribution in [3.63, 3.8) is 0 Å². The van der Waals surface area contributed by atoms with E-state index in [0.29, 0.717) is 6.07 Å². The molecule has 6 heteroatoms. The van der Waals surface area contributed by atoms with Crippen LogP contribution in [0.2, 0.25) is 0 Å². The second kappa shape index (κ2) is 5.13. The van der Waals surface area contributed by atoms with Crippen LogP contribution in [0.5, 0.6) is 5.75 Å². The van der Waals surface area contributed by atoms with Crippen molar-refractivity contribution in [2.75, 3.05) is 13.7 Å². The molecule has 1 aromatic carbocycles. The molecule has 2 rings (SSSR count). The van der Waals surface area contributed by atoms with Crippen LogP contribution in [0.15, 0.2) is 18.2 Å². The number of hydrogen-bond donors (Lipinski definition) is 2. The summed E-state index contributed by atoms with van der Waals surface area (Å²) in [6.07, 6.45) is 1.59. The average molecular weight is 271 g/mol. The van der Waals surface area contributed by atoms with Crippen LogP contribution < -0.4 is 10.1 Å². The fourth-order valence-electron chi connectivity index (χ4n) is 2.10. The first kappa shape index (κ1) is 13.7. The van der Waals surface area contributed by atoms with E-state index in [0.717, 1.165) is 25.0 Å². The predicted octanol–water partition coefficient (Wildman–Crippen LogP) is 1.80. The molecule has 1 unspecified atom stereocenters. The predicted molar refractivity (Wildman–Crippen MR) is 64.0 cm³/mol. The second-order valence-electron chi connectivity index (χ2n) is 4.66. The quantitative estimate of drug-likeness (QED) is 0.828. The molecule has 1 aliphatic carbocycles. The number of nitrogens with one attached hydrogen (secondary N) is 1. The van der Waals surface area contributed by atoms with E-state index in [1.807, 2.05) is 0 Å². The summed E-state index contributed by atoms with van der Waals surface area (Å²) in [4.78, 5) is 11.4. The van der Waals surface area contributed by atoms with Gasteiger partial charge in [0, 0.05) is 6.07 Å². The molecular formula is C13H15F2NO3. The molecule has 0 saturated heterocycles. The highest BCUT2D eigenvalue weighted by Gasteiger charge is 2.51. The van der Waals surface area contributed by atoms with Gasteiger partial charge in [-0.05, 0) is 37.9 Å². The normalized spacial score (nSPS) is 17.8. The second-order valence-corrected chi connectivity index (χ2v) is 4.66. The number of rotatable bonds is 6. The van der Waals surface area contributed by atoms with Gasteiger partial charge in [0.15, 0.2) is 17.1 Å². The highest BCUT2D eigenvalue weighted by atomic mass is 19.1. The van der Waals surface area contributed by atoms with Crippen LogP contribution in [-0.4, -0.2) is 30.3 Å². The lowest BCUT2D eigenvalue weighted by molar-refractivity contribution is -0.147. The van der Waals surface area contributed by atoms with E-state index in [4.69, 9.17) is 4.74 Å². The molecule has 1 aromatic rings. The summed E-state index contributed by atoms with van der Waals surface area (Å²) in [5, 5.41) is 12.1. The van der Waals surface area contributed by atoms with Gasteiger partial charge >= 0.3 is 5.97 Å². The van der Waals surface area contributed by atoms with Crippen molar-refractivity contribution in [1.29, 1.82) is 0 Å². The van der Waals surface area contributed by atoms with E-state index in [1.54, 1.807) is 0 Å². The largest absolute Gasteiger partial charge is 0.488 e. The van der Waals surface area contributed by atoms with E-state index >= 15 is 0 Å². The Kier molecular flexibility index (Phi) is 3.71. The topological polar surface area (TPSA) is 58.6 Å². The molecule has 1 atom stereocenters. The van der Waals surface area contributed by atoms with Crippen molar-refractivity contribution in [1.82, 2.24) is 5.32 Å². The number of carboxylic acids is 1. The first-order chi connectivity index (χ1) is 8.99. The minimum absolute atomic E-state index is 0.0292. The Labute approximate surface area is 109 Å². The summed E-state index contributed by atoms with van der Waals surface area (Å²) in [6, 6.07) is 2.92. The van der Waals surface area contributed by atoms with Gasteiger partial charge in [-0.1, -0.05) is 0 Å². The lowest BCUT2D eigenvalue weighted by atomic mass is 9.94. The van der Waals surface area contributed by atoms with E-state index in [-0.39, 0.29) is 18.3 Å². The molecule has 104 valence electrons. The van der Waals surface area contributed by atoms with Crippen LogP contribution in [0.4, 0.5) is 8.78 Å². The maximum Gasteiger partial charge on any atom is 0.327 e. The van der Waals surface area contributed by atoms with Gasteiger partial charge in [0.1, 0.15) is 12.4 Å². The Bertz CT molecular complexity index is 491. The lowest BCUT2D eigenvalue weighted by Gasteiger charge is -2.28. The average Bonchev–Trinajstić information content (AvgIpc) is 3.17. The monoisotopic (exact) mass is 271 g/mol. The standard InChI is InChI=1S/C13H15F2NO3/c1-16-13(12(17)18,8-2-3-8)7-19-11-5-4-9(14)6-10(11)15/h4-6,8,16H,2-3,7H2,1H3,(H,17,18). The maximum absolute atomic E-state index is 13.4. The first-order valence-corrected chi connectivity index (χ1v) is 6.00. The number of hydrogen-bond acceptors (Lipinski definition) is 3. The van der Waals surface area contributed by atoms with Crippen LogP contribution in [0.25, 0.3) is 0 Å². The molecule has 1 aliphatic rings. The third-order valence-electron chi connectivity index (χ3n) is 3.45. The van der Waals surface area contributed by atoms with E-state index in [2.05, 4.69) is 5.32 Å². The Morgan fingerprint density at radius 3 is 2.68 bits per heavy atom. The van der Waals surface area contributed by atoms with Gasteiger partial charge in [0.25, 0.3) is 0 Å². The number of benzene rings is 1. The zero-order chi connectivity index (χ0) is 14.0. The van der Waals surface area contributed by atoms with Crippen LogP contribution >= 0.6 is 0 Å². The zero-order valence-corrected chi connectivity index (χ0v) is 10.5. The first-order valence-electron chi connectivity index (χ1n) is 6.00. The number of aliphatic carboxylic acids is 1. The summed E-state index contributed by atoms with van der Waals surface area (Å²) in [7, 11) is 1.54. The number of likely N-dealkylation sites (N-methyl/N-ethyl adjacent to an activating group) is 1. The van der Waals surface area contributed by atoms with Gasteiger partial charge in [-0.15, -0.1) is 0 Å². The molecule has 1 fully saturated rings. The molecule has 0 bridgehead atoms. The third kappa shape index (κ3) is 2.68. The van der Waals surface area contributed by atoms with Gasteiger partial charge in [0.2, 0.25) is 0 Å². The van der Waals surface area contributed by atoms with Crippen molar-refractivity contribution < 1.29 is 23.4 Å². The molecule has 0 aromatic heterocycles. The van der Waals surface area contributed by atoms with Crippen LogP contribution in [0.1, 0.15) is 12.8 Å². The Balaban J connectivity index is 2.12. The van der Waals surface area contributed by atoms with E-state index in [9.17, 15) is 18.7 Å². The van der Waals surface area contributed by atoms with Gasteiger partial charge in [-0.25, -0.2) is 8.78 Å². The molecule has 1 saturated carbocycles. The highest BCUT2D eigenvalue weighted by Crippen LogP contribution is 2.40. The summed E-state index contributed by atoms with van der Waals surface area (Å²) >= 11 is 0. The number of halogens is 2. The minimum atomic E-state index is -1.22. The van der Waals surface area contributed by atoms with Gasteiger partial charge in [0.05, 0.1) is 0 Å². The number of carboxylic acid groups (broad SMARTS) is 1. The molecule has 0 aliphatic heterocycles. The van der Waals surface area contributed by atoms with E-state index < -0.39 is 23.1 Å². The third-order valence-corrected chi connectivity index (χ3v) is 3.45. The SMILES string of the molecule is CNC(COc1ccc(F)cc1F)(C(=O)O)C1CC1. The smallest absolute Gasteiger partial charge is 0.327 e. The molecule has 19 heavy (non-hydrogen) atoms. The highest BCUT2D eigenvalue weighted by molar-refractivity contribution is 5.80. The molecule has 4 nitrogen and oxygen atoms in total. The van der Waals surface area contributed by atoms with Gasteiger partial charge in [-0.2, -0.15) is 0 Å². The Hall–Kier alpha value is -1.69. The molecule has 0 heterocycles. The van der Waals surface area contributed by atoms with Crippen molar-refractivity contribution in [2.45, 2.75) is 18.4 Å². The van der Waals surface area contributed by atoms with E-state index in [1.165, 1.54) is 7.05 Å². The molecule has 0 spiro atoms. The van der Waals surface area contributed by atoms with Gasteiger partial charge < -0.3 is 15.2 Å². The van der Waals surface area contributed by atoms with Crippen molar-refractivity contribution >= 4 is 5.97 Å². The van der Waals surface area contributed by atoms with Gasteiger partial charge in [-0.3, -0.25) is 4.79 Å². The Morgan fingerprint density at radius 2 is 2.21 bits per heavy atom. The molecule has 0 amide bonds. The van der Waals surface area contributed by atoms with Crippen molar-refractivity contribution in [3.05, 3.63) is 29.8 Å². The zero-order valence-electron chi connectivity index (χ0n) is 10.5. The molecule has 0 radical (unpaired) electrons. The van der Waals surface area contributed by atoms with Crippen LogP contribution in [-0.2, 0) is 4.79 Å². The number of ether oxygens (including phenoxy) is 1. The maximum atomic E-state index is 13.4. The summed E-state index contributed by atoms with van der Waals surface area (Å²) in [5.41, 5.74) is -1.22. The molecular weight excluding hydrogens is 256 g/mol. The van der Waals surface area contributed by atoms with Crippen molar-refractivity contribution in [3.8, 4) is 5.75 Å². The lowest BCUT2D eigenvalue weighted by Crippen LogP contribution is -2.56. The fourth-order valence-corrected chi connectivity index (χ4v) is 2.10. The summed E-state index contributed by atoms with van der Waals surface area (Å²) in [6.45, 7) is -0.202. The van der Waals surface area contributed by atoms with Crippen LogP contribution in [0.3, 0.4) is 0 Å².